The highest BCUT2D eigenvalue weighted by molar-refractivity contribution is 14.0. The maximum Gasteiger partial charge on any atom is 0.191 e. The molecule has 0 bridgehead atoms. The second kappa shape index (κ2) is 11.2. The van der Waals surface area contributed by atoms with Crippen molar-refractivity contribution in [3.05, 3.63) is 71.3 Å². The quantitative estimate of drug-likeness (QED) is 0.317. The predicted molar refractivity (Wildman–Crippen MR) is 115 cm³/mol. The zero-order valence-corrected chi connectivity index (χ0v) is 17.8. The first-order valence-electron chi connectivity index (χ1n) is 8.66. The molecule has 3 N–H and O–H groups in total. The number of aliphatic hydroxyl groups is 1. The largest absolute Gasteiger partial charge is 0.384 e. The van der Waals surface area contributed by atoms with Gasteiger partial charge in [0.1, 0.15) is 17.2 Å². The second-order valence-corrected chi connectivity index (χ2v) is 6.29. The smallest absolute Gasteiger partial charge is 0.191 e. The molecule has 0 amide bonds. The molecular formula is C20H26F2IN3O. The number of nitrogens with one attached hydrogen (secondary N) is 2. The van der Waals surface area contributed by atoms with Gasteiger partial charge in [0.2, 0.25) is 0 Å². The van der Waals surface area contributed by atoms with Gasteiger partial charge in [-0.2, -0.15) is 0 Å². The van der Waals surface area contributed by atoms with Crippen molar-refractivity contribution < 1.29 is 13.9 Å². The van der Waals surface area contributed by atoms with Crippen LogP contribution in [0.3, 0.4) is 0 Å². The van der Waals surface area contributed by atoms with Crippen molar-refractivity contribution in [3.8, 4) is 0 Å². The average molecular weight is 489 g/mol. The summed E-state index contributed by atoms with van der Waals surface area (Å²) >= 11 is 0. The van der Waals surface area contributed by atoms with Crippen molar-refractivity contribution in [1.82, 2.24) is 10.6 Å². The van der Waals surface area contributed by atoms with Crippen LogP contribution in [0.1, 0.15) is 25.0 Å². The van der Waals surface area contributed by atoms with Gasteiger partial charge in [-0.1, -0.05) is 30.3 Å². The Bertz CT molecular complexity index is 719. The number of guanidine groups is 1. The molecule has 0 saturated heterocycles. The first kappa shape index (κ1) is 23.3. The number of halogens is 3. The third-order valence-corrected chi connectivity index (χ3v) is 3.91. The van der Waals surface area contributed by atoms with Gasteiger partial charge >= 0.3 is 0 Å². The van der Waals surface area contributed by atoms with E-state index < -0.39 is 17.2 Å². The fraction of sp³-hybridized carbons (Fsp3) is 0.350. The molecule has 0 aromatic heterocycles. The van der Waals surface area contributed by atoms with Gasteiger partial charge in [-0.25, -0.2) is 13.8 Å². The van der Waals surface area contributed by atoms with Crippen LogP contribution in [0.25, 0.3) is 0 Å². The Morgan fingerprint density at radius 1 is 1.07 bits per heavy atom. The molecule has 27 heavy (non-hydrogen) atoms. The summed E-state index contributed by atoms with van der Waals surface area (Å²) in [5.74, 6) is -0.625. The number of rotatable bonds is 7. The van der Waals surface area contributed by atoms with Crippen LogP contribution in [-0.2, 0) is 12.0 Å². The monoisotopic (exact) mass is 489 g/mol. The predicted octanol–water partition coefficient (Wildman–Crippen LogP) is 3.59. The lowest BCUT2D eigenvalue weighted by atomic mass is 9.96. The fourth-order valence-electron chi connectivity index (χ4n) is 2.54. The molecule has 7 heteroatoms. The van der Waals surface area contributed by atoms with Gasteiger partial charge in [0.15, 0.2) is 5.96 Å². The second-order valence-electron chi connectivity index (χ2n) is 6.29. The molecule has 2 aromatic rings. The molecule has 0 saturated carbocycles. The van der Waals surface area contributed by atoms with Crippen LogP contribution in [0.15, 0.2) is 53.5 Å². The highest BCUT2D eigenvalue weighted by Gasteiger charge is 2.22. The van der Waals surface area contributed by atoms with Crippen LogP contribution in [0, 0.1) is 11.6 Å². The Morgan fingerprint density at radius 2 is 1.70 bits per heavy atom. The van der Waals surface area contributed by atoms with Gasteiger partial charge in [-0.15, -0.1) is 24.0 Å². The Hall–Kier alpha value is -1.74. The van der Waals surface area contributed by atoms with E-state index in [1.807, 2.05) is 37.3 Å². The van der Waals surface area contributed by atoms with Gasteiger partial charge in [0.05, 0.1) is 6.54 Å². The fourth-order valence-corrected chi connectivity index (χ4v) is 2.54. The molecule has 0 radical (unpaired) electrons. The minimum absolute atomic E-state index is 0. The molecule has 0 aliphatic carbocycles. The highest BCUT2D eigenvalue weighted by atomic mass is 127. The number of nitrogens with zero attached hydrogens (tertiary/aromatic N) is 1. The zero-order valence-electron chi connectivity index (χ0n) is 15.5. The van der Waals surface area contributed by atoms with E-state index in [0.717, 1.165) is 11.6 Å². The van der Waals surface area contributed by atoms with Crippen molar-refractivity contribution in [3.63, 3.8) is 0 Å². The summed E-state index contributed by atoms with van der Waals surface area (Å²) in [6.45, 7) is 4.95. The number of hydrogen-bond donors (Lipinski definition) is 3. The first-order valence-corrected chi connectivity index (χ1v) is 8.66. The van der Waals surface area contributed by atoms with Crippen molar-refractivity contribution in [2.24, 2.45) is 4.99 Å². The normalized spacial score (nSPS) is 13.4. The lowest BCUT2D eigenvalue weighted by Gasteiger charge is -2.22. The van der Waals surface area contributed by atoms with Gasteiger partial charge in [0, 0.05) is 19.2 Å². The van der Waals surface area contributed by atoms with Crippen LogP contribution in [0.5, 0.6) is 0 Å². The van der Waals surface area contributed by atoms with E-state index in [0.29, 0.717) is 31.0 Å². The molecule has 1 unspecified atom stereocenters. The molecule has 0 aliphatic heterocycles. The van der Waals surface area contributed by atoms with Gasteiger partial charge in [-0.05, 0) is 43.5 Å². The molecule has 148 valence electrons. The Morgan fingerprint density at radius 3 is 2.30 bits per heavy atom. The SMILES string of the molecule is CCNC(=NCC(C)(O)c1ccccc1)NCCc1cc(F)cc(F)c1.I. The minimum atomic E-state index is -1.09. The van der Waals surface area contributed by atoms with Gasteiger partial charge < -0.3 is 15.7 Å². The minimum Gasteiger partial charge on any atom is -0.384 e. The van der Waals surface area contributed by atoms with E-state index in [2.05, 4.69) is 15.6 Å². The number of aliphatic imine (C=N–C) groups is 1. The Kier molecular flexibility index (Phi) is 9.65. The maximum absolute atomic E-state index is 13.2. The van der Waals surface area contributed by atoms with Crippen molar-refractivity contribution in [1.29, 1.82) is 0 Å². The zero-order chi connectivity index (χ0) is 19.0. The van der Waals surface area contributed by atoms with Crippen molar-refractivity contribution >= 4 is 29.9 Å². The van der Waals surface area contributed by atoms with Crippen LogP contribution < -0.4 is 10.6 Å². The third kappa shape index (κ3) is 7.80. The Balaban J connectivity index is 0.00000364. The molecule has 0 aliphatic rings. The van der Waals surface area contributed by atoms with Crippen LogP contribution in [0.2, 0.25) is 0 Å². The van der Waals surface area contributed by atoms with E-state index in [-0.39, 0.29) is 30.5 Å². The Labute approximate surface area is 176 Å². The van der Waals surface area contributed by atoms with E-state index in [1.165, 1.54) is 12.1 Å². The summed E-state index contributed by atoms with van der Waals surface area (Å²) in [6, 6.07) is 12.8. The maximum atomic E-state index is 13.2. The summed E-state index contributed by atoms with van der Waals surface area (Å²) in [5.41, 5.74) is 0.270. The molecule has 0 fully saturated rings. The number of hydrogen-bond acceptors (Lipinski definition) is 2. The summed E-state index contributed by atoms with van der Waals surface area (Å²) in [7, 11) is 0. The van der Waals surface area contributed by atoms with Gasteiger partial charge in [-0.3, -0.25) is 0 Å². The summed E-state index contributed by atoms with van der Waals surface area (Å²) in [6.07, 6.45) is 0.453. The molecule has 1 atom stereocenters. The molecule has 0 spiro atoms. The van der Waals surface area contributed by atoms with E-state index in [9.17, 15) is 13.9 Å². The van der Waals surface area contributed by atoms with E-state index in [4.69, 9.17) is 0 Å². The van der Waals surface area contributed by atoms with Crippen molar-refractivity contribution in [2.45, 2.75) is 25.9 Å². The van der Waals surface area contributed by atoms with Crippen molar-refractivity contribution in [2.75, 3.05) is 19.6 Å². The molecule has 4 nitrogen and oxygen atoms in total. The molecule has 2 aromatic carbocycles. The highest BCUT2D eigenvalue weighted by Crippen LogP contribution is 2.20. The van der Waals surface area contributed by atoms with Crippen LogP contribution in [-0.4, -0.2) is 30.7 Å². The lowest BCUT2D eigenvalue weighted by molar-refractivity contribution is 0.0672. The summed E-state index contributed by atoms with van der Waals surface area (Å²) in [5, 5.41) is 16.8. The number of benzene rings is 2. The van der Waals surface area contributed by atoms with Crippen LogP contribution in [0.4, 0.5) is 8.78 Å². The third-order valence-electron chi connectivity index (χ3n) is 3.91. The molecular weight excluding hydrogens is 463 g/mol. The van der Waals surface area contributed by atoms with Crippen LogP contribution >= 0.6 is 24.0 Å². The standard InChI is InChI=1S/C20H25F2N3O.HI/c1-3-23-19(24-10-9-15-11-17(21)13-18(22)12-15)25-14-20(2,26)16-7-5-4-6-8-16;/h4-8,11-13,26H,3,9-10,14H2,1-2H3,(H2,23,24,25);1H. The first-order chi connectivity index (χ1) is 12.4. The lowest BCUT2D eigenvalue weighted by Crippen LogP contribution is -2.39. The topological polar surface area (TPSA) is 56.7 Å². The van der Waals surface area contributed by atoms with Gasteiger partial charge in [0.25, 0.3) is 0 Å². The molecule has 0 heterocycles. The molecule has 2 rings (SSSR count). The summed E-state index contributed by atoms with van der Waals surface area (Å²) < 4.78 is 26.4. The van der Waals surface area contributed by atoms with E-state index >= 15 is 0 Å². The summed E-state index contributed by atoms with van der Waals surface area (Å²) in [4.78, 5) is 4.42. The average Bonchev–Trinajstić information content (AvgIpc) is 2.60. The van der Waals surface area contributed by atoms with E-state index in [1.54, 1.807) is 6.92 Å².